The van der Waals surface area contributed by atoms with Gasteiger partial charge in [-0.15, -0.1) is 0 Å². The molecule has 1 aliphatic carbocycles. The van der Waals surface area contributed by atoms with Crippen LogP contribution < -0.4 is 0 Å². The summed E-state index contributed by atoms with van der Waals surface area (Å²) in [5.41, 5.74) is -0.807. The molecular weight excluding hydrogens is 290 g/mol. The first-order chi connectivity index (χ1) is 9.21. The number of sulfone groups is 1. The van der Waals surface area contributed by atoms with Crippen molar-refractivity contribution in [3.05, 3.63) is 35.4 Å². The number of carboxylic acid groups (broad SMARTS) is 1. The summed E-state index contributed by atoms with van der Waals surface area (Å²) in [5, 5.41) is 8.75. The Hall–Kier alpha value is -1.50. The van der Waals surface area contributed by atoms with Crippen LogP contribution in [0.1, 0.15) is 24.8 Å². The maximum absolute atomic E-state index is 13.4. The Kier molecular flexibility index (Phi) is 3.82. The van der Waals surface area contributed by atoms with E-state index >= 15 is 0 Å². The van der Waals surface area contributed by atoms with E-state index in [1.807, 2.05) is 0 Å². The number of hydrogen-bond acceptors (Lipinski definition) is 3. The maximum Gasteiger partial charge on any atom is 0.303 e. The van der Waals surface area contributed by atoms with Gasteiger partial charge in [-0.05, 0) is 24.3 Å². The highest BCUT2D eigenvalue weighted by Gasteiger charge is 2.47. The number of aliphatic carboxylic acids is 1. The van der Waals surface area contributed by atoms with E-state index in [0.29, 0.717) is 18.9 Å². The van der Waals surface area contributed by atoms with Crippen molar-refractivity contribution in [3.8, 4) is 0 Å². The van der Waals surface area contributed by atoms with Crippen LogP contribution in [0.3, 0.4) is 0 Å². The smallest absolute Gasteiger partial charge is 0.303 e. The molecule has 0 aliphatic heterocycles. The molecule has 1 N–H and O–H groups in total. The van der Waals surface area contributed by atoms with E-state index in [-0.39, 0.29) is 17.7 Å². The Balaban J connectivity index is 2.10. The second-order valence-corrected chi connectivity index (χ2v) is 7.40. The van der Waals surface area contributed by atoms with Gasteiger partial charge in [-0.25, -0.2) is 17.2 Å². The molecule has 0 saturated heterocycles. The number of rotatable bonds is 6. The summed E-state index contributed by atoms with van der Waals surface area (Å²) in [6.07, 6.45) is 0.896. The van der Waals surface area contributed by atoms with Crippen molar-refractivity contribution in [2.75, 3.05) is 5.75 Å². The normalized spacial score (nSPS) is 16.9. The fraction of sp³-hybridized carbons (Fsp3) is 0.462. The molecule has 1 fully saturated rings. The topological polar surface area (TPSA) is 71.4 Å². The van der Waals surface area contributed by atoms with Gasteiger partial charge in [-0.1, -0.05) is 6.07 Å². The Morgan fingerprint density at radius 3 is 2.45 bits per heavy atom. The standard InChI is InChI=1S/C13H14F2O4S/c14-10-2-1-9(11(15)5-10)7-20(18,19)8-13(3-4-13)6-12(16)17/h1-2,5H,3-4,6-8H2,(H,16,17). The minimum Gasteiger partial charge on any atom is -0.481 e. The van der Waals surface area contributed by atoms with Crippen LogP contribution in [0.2, 0.25) is 0 Å². The quantitative estimate of drug-likeness (QED) is 0.874. The third-order valence-electron chi connectivity index (χ3n) is 3.40. The first-order valence-corrected chi connectivity index (χ1v) is 7.90. The highest BCUT2D eigenvalue weighted by molar-refractivity contribution is 7.90. The zero-order valence-corrected chi connectivity index (χ0v) is 11.4. The lowest BCUT2D eigenvalue weighted by Gasteiger charge is -2.13. The Morgan fingerprint density at radius 2 is 1.95 bits per heavy atom. The number of benzene rings is 1. The van der Waals surface area contributed by atoms with Crippen LogP contribution in [0.25, 0.3) is 0 Å². The molecule has 1 aromatic rings. The molecule has 110 valence electrons. The highest BCUT2D eigenvalue weighted by atomic mass is 32.2. The Bertz CT molecular complexity index is 636. The molecule has 2 rings (SSSR count). The highest BCUT2D eigenvalue weighted by Crippen LogP contribution is 2.50. The van der Waals surface area contributed by atoms with Gasteiger partial charge in [0.15, 0.2) is 9.84 Å². The molecule has 0 amide bonds. The number of hydrogen-bond donors (Lipinski definition) is 1. The van der Waals surface area contributed by atoms with Gasteiger partial charge in [0.05, 0.1) is 17.9 Å². The van der Waals surface area contributed by atoms with E-state index in [1.54, 1.807) is 0 Å². The zero-order valence-electron chi connectivity index (χ0n) is 10.6. The SMILES string of the molecule is O=C(O)CC1(CS(=O)(=O)Cc2ccc(F)cc2F)CC1. The number of carbonyl (C=O) groups is 1. The third kappa shape index (κ3) is 3.75. The summed E-state index contributed by atoms with van der Waals surface area (Å²) in [6, 6.07) is 2.73. The molecule has 4 nitrogen and oxygen atoms in total. The molecule has 1 saturated carbocycles. The zero-order chi connectivity index (χ0) is 15.0. The first kappa shape index (κ1) is 14.9. The third-order valence-corrected chi connectivity index (χ3v) is 5.20. The summed E-state index contributed by atoms with van der Waals surface area (Å²) in [7, 11) is -3.64. The van der Waals surface area contributed by atoms with Crippen LogP contribution in [0.4, 0.5) is 8.78 Å². The van der Waals surface area contributed by atoms with Crippen molar-refractivity contribution < 1.29 is 27.1 Å². The molecule has 0 aromatic heterocycles. The van der Waals surface area contributed by atoms with E-state index in [1.165, 1.54) is 0 Å². The van der Waals surface area contributed by atoms with Crippen molar-refractivity contribution in [3.63, 3.8) is 0 Å². The molecule has 0 atom stereocenters. The van der Waals surface area contributed by atoms with Crippen LogP contribution >= 0.6 is 0 Å². The predicted molar refractivity (Wildman–Crippen MR) is 67.8 cm³/mol. The van der Waals surface area contributed by atoms with Gasteiger partial charge in [-0.2, -0.15) is 0 Å². The van der Waals surface area contributed by atoms with Gasteiger partial charge in [0.1, 0.15) is 11.6 Å². The maximum atomic E-state index is 13.4. The first-order valence-electron chi connectivity index (χ1n) is 6.08. The van der Waals surface area contributed by atoms with Crippen LogP contribution in [0.5, 0.6) is 0 Å². The van der Waals surface area contributed by atoms with E-state index in [4.69, 9.17) is 5.11 Å². The molecule has 1 aromatic carbocycles. The average Bonchev–Trinajstić information content (AvgIpc) is 2.99. The van der Waals surface area contributed by atoms with Gasteiger partial charge in [0.25, 0.3) is 0 Å². The molecule has 1 aliphatic rings. The minimum atomic E-state index is -3.64. The number of halogens is 2. The van der Waals surface area contributed by atoms with Gasteiger partial charge in [0.2, 0.25) is 0 Å². The van der Waals surface area contributed by atoms with E-state index < -0.39 is 38.6 Å². The molecule has 0 bridgehead atoms. The van der Waals surface area contributed by atoms with Crippen LogP contribution in [0.15, 0.2) is 18.2 Å². The van der Waals surface area contributed by atoms with Crippen LogP contribution in [-0.4, -0.2) is 25.2 Å². The van der Waals surface area contributed by atoms with Crippen molar-refractivity contribution >= 4 is 15.8 Å². The lowest BCUT2D eigenvalue weighted by atomic mass is 10.1. The monoisotopic (exact) mass is 304 g/mol. The Morgan fingerprint density at radius 1 is 1.30 bits per heavy atom. The lowest BCUT2D eigenvalue weighted by Crippen LogP contribution is -2.22. The largest absolute Gasteiger partial charge is 0.481 e. The summed E-state index contributed by atoms with van der Waals surface area (Å²) in [5.74, 6) is -3.53. The molecule has 0 heterocycles. The number of carboxylic acids is 1. The molecular formula is C13H14F2O4S. The van der Waals surface area contributed by atoms with Gasteiger partial charge in [0, 0.05) is 11.6 Å². The van der Waals surface area contributed by atoms with Crippen molar-refractivity contribution in [1.82, 2.24) is 0 Å². The fourth-order valence-corrected chi connectivity index (χ4v) is 4.40. The fourth-order valence-electron chi connectivity index (χ4n) is 2.26. The van der Waals surface area contributed by atoms with Crippen molar-refractivity contribution in [1.29, 1.82) is 0 Å². The van der Waals surface area contributed by atoms with Crippen molar-refractivity contribution in [2.24, 2.45) is 5.41 Å². The van der Waals surface area contributed by atoms with E-state index in [9.17, 15) is 22.0 Å². The van der Waals surface area contributed by atoms with Gasteiger partial charge in [-0.3, -0.25) is 4.79 Å². The van der Waals surface area contributed by atoms with Crippen LogP contribution in [-0.2, 0) is 20.4 Å². The molecule has 0 radical (unpaired) electrons. The predicted octanol–water partition coefficient (Wildman–Crippen LogP) is 2.13. The Labute approximate surface area is 115 Å². The summed E-state index contributed by atoms with van der Waals surface area (Å²) >= 11 is 0. The minimum absolute atomic E-state index is 0.0995. The van der Waals surface area contributed by atoms with Crippen LogP contribution in [0, 0.1) is 17.0 Å². The molecule has 0 unspecified atom stereocenters. The van der Waals surface area contributed by atoms with E-state index in [2.05, 4.69) is 0 Å². The molecule has 0 spiro atoms. The van der Waals surface area contributed by atoms with Crippen molar-refractivity contribution in [2.45, 2.75) is 25.0 Å². The summed E-state index contributed by atoms with van der Waals surface area (Å²) in [6.45, 7) is 0. The van der Waals surface area contributed by atoms with Gasteiger partial charge < -0.3 is 5.11 Å². The average molecular weight is 304 g/mol. The second-order valence-electron chi connectivity index (χ2n) is 5.34. The lowest BCUT2D eigenvalue weighted by molar-refractivity contribution is -0.138. The molecule has 7 heteroatoms. The van der Waals surface area contributed by atoms with E-state index in [0.717, 1.165) is 12.1 Å². The second kappa shape index (κ2) is 5.12. The molecule has 20 heavy (non-hydrogen) atoms. The summed E-state index contributed by atoms with van der Waals surface area (Å²) < 4.78 is 50.2. The van der Waals surface area contributed by atoms with Gasteiger partial charge >= 0.3 is 5.97 Å². The summed E-state index contributed by atoms with van der Waals surface area (Å²) in [4.78, 5) is 10.7.